The number of nitrogens with zero attached hydrogens (tertiary/aromatic N) is 1. The van der Waals surface area contributed by atoms with E-state index in [-0.39, 0.29) is 17.9 Å². The Balaban J connectivity index is 1.49. The van der Waals surface area contributed by atoms with E-state index in [0.29, 0.717) is 27.8 Å². The topological polar surface area (TPSA) is 105 Å². The van der Waals surface area contributed by atoms with Crippen LogP contribution in [0.2, 0.25) is 5.02 Å². The fourth-order valence-electron chi connectivity index (χ4n) is 3.32. The molecule has 3 aromatic rings. The summed E-state index contributed by atoms with van der Waals surface area (Å²) in [6.07, 6.45) is 1.55. The van der Waals surface area contributed by atoms with Crippen LogP contribution in [0.25, 0.3) is 6.08 Å². The summed E-state index contributed by atoms with van der Waals surface area (Å²) < 4.78 is 11.2. The van der Waals surface area contributed by atoms with Gasteiger partial charge < -0.3 is 19.9 Å². The van der Waals surface area contributed by atoms with E-state index in [1.54, 1.807) is 60.7 Å². The van der Waals surface area contributed by atoms with Crippen LogP contribution in [0, 0.1) is 0 Å². The van der Waals surface area contributed by atoms with Crippen molar-refractivity contribution in [2.45, 2.75) is 6.61 Å². The van der Waals surface area contributed by atoms with E-state index in [2.05, 4.69) is 5.32 Å². The molecule has 0 spiro atoms. The number of nitrogens with one attached hydrogen (secondary N) is 1. The maximum absolute atomic E-state index is 12.8. The number of imide groups is 1. The van der Waals surface area contributed by atoms with Crippen LogP contribution in [0.5, 0.6) is 11.5 Å². The van der Waals surface area contributed by atoms with E-state index in [1.807, 2.05) is 0 Å². The van der Waals surface area contributed by atoms with Crippen LogP contribution < -0.4 is 19.7 Å². The predicted octanol–water partition coefficient (Wildman–Crippen LogP) is 4.72. The fourth-order valence-corrected chi connectivity index (χ4v) is 3.45. The number of rotatable bonds is 7. The number of hydrogen-bond donors (Lipinski definition) is 2. The Labute approximate surface area is 200 Å². The van der Waals surface area contributed by atoms with Gasteiger partial charge in [-0.2, -0.15) is 0 Å². The summed E-state index contributed by atoms with van der Waals surface area (Å²) >= 11 is 5.88. The molecule has 4 rings (SSSR count). The van der Waals surface area contributed by atoms with Crippen molar-refractivity contribution in [2.24, 2.45) is 0 Å². The Morgan fingerprint density at radius 3 is 2.38 bits per heavy atom. The number of hydrogen-bond acceptors (Lipinski definition) is 5. The zero-order valence-corrected chi connectivity index (χ0v) is 18.7. The van der Waals surface area contributed by atoms with Crippen LogP contribution >= 0.6 is 11.6 Å². The molecule has 2 N–H and O–H groups in total. The molecule has 0 atom stereocenters. The molecule has 1 aliphatic heterocycles. The largest absolute Gasteiger partial charge is 0.493 e. The van der Waals surface area contributed by atoms with E-state index in [0.717, 1.165) is 10.5 Å². The maximum Gasteiger partial charge on any atom is 0.335 e. The smallest absolute Gasteiger partial charge is 0.335 e. The molecular weight excluding hydrogens is 460 g/mol. The normalized spacial score (nSPS) is 14.3. The quantitative estimate of drug-likeness (QED) is 0.376. The molecule has 0 unspecified atom stereocenters. The third-order valence-corrected chi connectivity index (χ3v) is 5.31. The van der Waals surface area contributed by atoms with Gasteiger partial charge in [0.05, 0.1) is 18.4 Å². The van der Waals surface area contributed by atoms with Crippen LogP contribution in [0.1, 0.15) is 21.5 Å². The second-order valence-corrected chi connectivity index (χ2v) is 7.74. The summed E-state index contributed by atoms with van der Waals surface area (Å²) in [6, 6.07) is 17.3. The molecule has 0 radical (unpaired) electrons. The van der Waals surface area contributed by atoms with Crippen molar-refractivity contribution in [1.29, 1.82) is 0 Å². The first-order valence-electron chi connectivity index (χ1n) is 10.1. The average molecular weight is 479 g/mol. The minimum Gasteiger partial charge on any atom is -0.493 e. The van der Waals surface area contributed by atoms with E-state index < -0.39 is 17.9 Å². The van der Waals surface area contributed by atoms with Crippen molar-refractivity contribution in [1.82, 2.24) is 5.32 Å². The predicted molar refractivity (Wildman–Crippen MR) is 126 cm³/mol. The first kappa shape index (κ1) is 22.9. The third-order valence-electron chi connectivity index (χ3n) is 5.06. The highest BCUT2D eigenvalue weighted by Crippen LogP contribution is 2.30. The first-order chi connectivity index (χ1) is 16.4. The van der Waals surface area contributed by atoms with Crippen molar-refractivity contribution >= 4 is 41.3 Å². The van der Waals surface area contributed by atoms with Gasteiger partial charge in [-0.25, -0.2) is 14.5 Å². The van der Waals surface area contributed by atoms with Crippen LogP contribution in [0.15, 0.2) is 72.4 Å². The van der Waals surface area contributed by atoms with E-state index in [9.17, 15) is 14.4 Å². The Morgan fingerprint density at radius 2 is 1.74 bits per heavy atom. The number of anilines is 1. The summed E-state index contributed by atoms with van der Waals surface area (Å²) in [5.74, 6) is -0.581. The number of benzene rings is 3. The molecule has 3 amide bonds. The minimum atomic E-state index is -0.993. The van der Waals surface area contributed by atoms with Crippen molar-refractivity contribution in [3.63, 3.8) is 0 Å². The van der Waals surface area contributed by atoms with E-state index in [1.165, 1.54) is 19.2 Å². The lowest BCUT2D eigenvalue weighted by Crippen LogP contribution is -2.30. The van der Waals surface area contributed by atoms with E-state index in [4.69, 9.17) is 26.2 Å². The van der Waals surface area contributed by atoms with Gasteiger partial charge in [0.1, 0.15) is 12.3 Å². The summed E-state index contributed by atoms with van der Waals surface area (Å²) in [6.45, 7) is 0.210. The molecule has 8 nitrogen and oxygen atoms in total. The number of methoxy groups -OCH3 is 1. The standard InChI is InChI=1S/C25H19ClN2O6/c1-33-22-13-16(4-11-21(22)34-14-15-2-5-17(6-3-15)24(30)31)12-20-23(29)28(25(32)27-20)19-9-7-18(26)8-10-19/h2-13H,14H2,1H3,(H,27,32)(H,30,31)/b20-12+. The summed E-state index contributed by atoms with van der Waals surface area (Å²) in [5.41, 5.74) is 2.14. The van der Waals surface area contributed by atoms with Gasteiger partial charge in [-0.05, 0) is 65.7 Å². The molecule has 1 heterocycles. The van der Waals surface area contributed by atoms with Gasteiger partial charge >= 0.3 is 12.0 Å². The first-order valence-corrected chi connectivity index (χ1v) is 10.5. The molecule has 172 valence electrons. The highest BCUT2D eigenvalue weighted by atomic mass is 35.5. The van der Waals surface area contributed by atoms with Gasteiger partial charge in [0, 0.05) is 5.02 Å². The SMILES string of the molecule is COc1cc(/C=C2/NC(=O)N(c3ccc(Cl)cc3)C2=O)ccc1OCc1ccc(C(=O)O)cc1. The fraction of sp³-hybridized carbons (Fsp3) is 0.0800. The molecule has 0 aliphatic carbocycles. The van der Waals surface area contributed by atoms with Crippen LogP contribution in [0.4, 0.5) is 10.5 Å². The number of aromatic carboxylic acids is 1. The molecule has 1 aliphatic rings. The number of amides is 3. The van der Waals surface area contributed by atoms with E-state index >= 15 is 0 Å². The number of urea groups is 1. The summed E-state index contributed by atoms with van der Waals surface area (Å²) in [4.78, 5) is 37.2. The number of carbonyl (C=O) groups excluding carboxylic acids is 2. The molecule has 34 heavy (non-hydrogen) atoms. The number of halogens is 1. The van der Waals surface area contributed by atoms with Gasteiger partial charge in [-0.15, -0.1) is 0 Å². The molecule has 1 saturated heterocycles. The average Bonchev–Trinajstić information content (AvgIpc) is 3.11. The van der Waals surface area contributed by atoms with Crippen molar-refractivity contribution in [3.8, 4) is 11.5 Å². The van der Waals surface area contributed by atoms with Gasteiger partial charge in [-0.1, -0.05) is 29.8 Å². The lowest BCUT2D eigenvalue weighted by molar-refractivity contribution is -0.113. The van der Waals surface area contributed by atoms with Crippen LogP contribution in [-0.4, -0.2) is 30.1 Å². The number of carboxylic acid groups (broad SMARTS) is 1. The lowest BCUT2D eigenvalue weighted by Gasteiger charge is -2.12. The van der Waals surface area contributed by atoms with Gasteiger partial charge in [0.15, 0.2) is 11.5 Å². The van der Waals surface area contributed by atoms with Crippen molar-refractivity contribution < 1.29 is 29.0 Å². The minimum absolute atomic E-state index is 0.120. The maximum atomic E-state index is 12.8. The molecule has 1 fully saturated rings. The third kappa shape index (κ3) is 4.87. The molecule has 0 saturated carbocycles. The van der Waals surface area contributed by atoms with Gasteiger partial charge in [0.2, 0.25) is 0 Å². The number of ether oxygens (including phenoxy) is 2. The van der Waals surface area contributed by atoms with Crippen LogP contribution in [-0.2, 0) is 11.4 Å². The van der Waals surface area contributed by atoms with Crippen LogP contribution in [0.3, 0.4) is 0 Å². The van der Waals surface area contributed by atoms with Gasteiger partial charge in [0.25, 0.3) is 5.91 Å². The number of carbonyl (C=O) groups is 3. The molecule has 0 bridgehead atoms. The zero-order valence-electron chi connectivity index (χ0n) is 17.9. The molecule has 9 heteroatoms. The second-order valence-electron chi connectivity index (χ2n) is 7.31. The highest BCUT2D eigenvalue weighted by molar-refractivity contribution is 6.31. The monoisotopic (exact) mass is 478 g/mol. The summed E-state index contributed by atoms with van der Waals surface area (Å²) in [7, 11) is 1.49. The number of carboxylic acids is 1. The molecule has 3 aromatic carbocycles. The summed E-state index contributed by atoms with van der Waals surface area (Å²) in [5, 5.41) is 12.1. The highest BCUT2D eigenvalue weighted by Gasteiger charge is 2.34. The zero-order chi connectivity index (χ0) is 24.2. The van der Waals surface area contributed by atoms with Crippen molar-refractivity contribution in [3.05, 3.63) is 94.1 Å². The molecular formula is C25H19ClN2O6. The van der Waals surface area contributed by atoms with Crippen molar-refractivity contribution in [2.75, 3.05) is 12.0 Å². The Hall–Kier alpha value is -4.30. The Kier molecular flexibility index (Phi) is 6.51. The lowest BCUT2D eigenvalue weighted by atomic mass is 10.1. The molecule has 0 aromatic heterocycles. The Bertz CT molecular complexity index is 1290. The Morgan fingerprint density at radius 1 is 1.03 bits per heavy atom. The second kappa shape index (κ2) is 9.68. The van der Waals surface area contributed by atoms with Gasteiger partial charge in [-0.3, -0.25) is 4.79 Å².